The van der Waals surface area contributed by atoms with Gasteiger partial charge in [0, 0.05) is 24.5 Å². The topological polar surface area (TPSA) is 73.5 Å². The molecule has 1 amide bonds. The molecule has 0 radical (unpaired) electrons. The highest BCUT2D eigenvalue weighted by atomic mass is 32.2. The molecule has 1 aromatic carbocycles. The van der Waals surface area contributed by atoms with Crippen molar-refractivity contribution in [2.45, 2.75) is 19.9 Å². The summed E-state index contributed by atoms with van der Waals surface area (Å²) in [5, 5.41) is 0.827. The van der Waals surface area contributed by atoms with E-state index >= 15 is 0 Å². The van der Waals surface area contributed by atoms with E-state index in [0.717, 1.165) is 22.7 Å². The average molecular weight is 389 g/mol. The molecule has 0 atom stereocenters. The molecule has 0 N–H and O–H groups in total. The van der Waals surface area contributed by atoms with Gasteiger partial charge in [0.05, 0.1) is 36.0 Å². The molecule has 1 fully saturated rings. The zero-order chi connectivity index (χ0) is 19.3. The van der Waals surface area contributed by atoms with E-state index in [1.54, 1.807) is 11.0 Å². The van der Waals surface area contributed by atoms with Gasteiger partial charge in [0.15, 0.2) is 0 Å². The zero-order valence-corrected chi connectivity index (χ0v) is 16.5. The maximum atomic E-state index is 13.1. The number of benzene rings is 1. The average Bonchev–Trinajstić information content (AvgIpc) is 3.15. The standard InChI is InChI=1S/C19H23N3O4S/c1-13(2)21-15-7-5-4-6-14(15)18-16(21)12-17(22(18)27(3,24)25)19(23)20-8-10-26-11-9-20/h4-7,12-13H,8-11H2,1-3H3. The van der Waals surface area contributed by atoms with E-state index in [-0.39, 0.29) is 17.6 Å². The second kappa shape index (κ2) is 6.38. The Morgan fingerprint density at radius 1 is 1.11 bits per heavy atom. The van der Waals surface area contributed by atoms with Crippen molar-refractivity contribution in [1.82, 2.24) is 13.4 Å². The predicted octanol–water partition coefficient (Wildman–Crippen LogP) is 2.46. The Morgan fingerprint density at radius 3 is 2.41 bits per heavy atom. The second-order valence-electron chi connectivity index (χ2n) is 7.18. The molecule has 0 bridgehead atoms. The molecule has 27 heavy (non-hydrogen) atoms. The maximum absolute atomic E-state index is 13.1. The van der Waals surface area contributed by atoms with Crippen LogP contribution in [0.15, 0.2) is 30.3 Å². The Morgan fingerprint density at radius 2 is 1.78 bits per heavy atom. The van der Waals surface area contributed by atoms with Gasteiger partial charge in [0.2, 0.25) is 10.0 Å². The van der Waals surface area contributed by atoms with Crippen molar-refractivity contribution in [1.29, 1.82) is 0 Å². The molecule has 4 rings (SSSR count). The third-order valence-electron chi connectivity index (χ3n) is 4.98. The van der Waals surface area contributed by atoms with E-state index in [0.29, 0.717) is 31.8 Å². The first kappa shape index (κ1) is 18.1. The molecule has 1 saturated heterocycles. The second-order valence-corrected chi connectivity index (χ2v) is 9.01. The van der Waals surface area contributed by atoms with Gasteiger partial charge in [-0.2, -0.15) is 0 Å². The monoisotopic (exact) mass is 389 g/mol. The predicted molar refractivity (Wildman–Crippen MR) is 105 cm³/mol. The Balaban J connectivity index is 2.06. The molecule has 0 saturated carbocycles. The van der Waals surface area contributed by atoms with Gasteiger partial charge in [-0.3, -0.25) is 4.79 Å². The summed E-state index contributed by atoms with van der Waals surface area (Å²) in [5.41, 5.74) is 2.47. The molecule has 7 nitrogen and oxygen atoms in total. The van der Waals surface area contributed by atoms with E-state index in [9.17, 15) is 13.2 Å². The number of hydrogen-bond acceptors (Lipinski definition) is 4. The summed E-state index contributed by atoms with van der Waals surface area (Å²) in [4.78, 5) is 14.8. The fourth-order valence-electron chi connectivity index (χ4n) is 3.90. The zero-order valence-electron chi connectivity index (χ0n) is 15.7. The number of para-hydroxylation sites is 1. The van der Waals surface area contributed by atoms with E-state index in [2.05, 4.69) is 4.57 Å². The minimum absolute atomic E-state index is 0.120. The Labute approximate surface area is 158 Å². The number of hydrogen-bond donors (Lipinski definition) is 0. The van der Waals surface area contributed by atoms with E-state index in [1.165, 1.54) is 3.97 Å². The lowest BCUT2D eigenvalue weighted by Crippen LogP contribution is -2.41. The van der Waals surface area contributed by atoms with Crippen LogP contribution in [0.25, 0.3) is 21.9 Å². The highest BCUT2D eigenvalue weighted by Gasteiger charge is 2.30. The fourth-order valence-corrected chi connectivity index (χ4v) is 4.92. The molecule has 0 unspecified atom stereocenters. The van der Waals surface area contributed by atoms with Crippen molar-refractivity contribution in [3.8, 4) is 0 Å². The summed E-state index contributed by atoms with van der Waals surface area (Å²) in [6.45, 7) is 5.95. The molecule has 1 aliphatic heterocycles. The molecule has 2 aromatic heterocycles. The Hall–Kier alpha value is -2.32. The SMILES string of the molecule is CC(C)n1c2ccccc2c2c1cc(C(=O)N1CCOCC1)n2S(C)(=O)=O. The number of morpholine rings is 1. The van der Waals surface area contributed by atoms with Gasteiger partial charge >= 0.3 is 0 Å². The molecule has 3 aromatic rings. The summed E-state index contributed by atoms with van der Waals surface area (Å²) >= 11 is 0. The van der Waals surface area contributed by atoms with Gasteiger partial charge in [-0.15, -0.1) is 0 Å². The minimum Gasteiger partial charge on any atom is -0.378 e. The number of carbonyl (C=O) groups excluding carboxylic acids is 1. The van der Waals surface area contributed by atoms with Gasteiger partial charge in [-0.25, -0.2) is 12.4 Å². The van der Waals surface area contributed by atoms with E-state index in [4.69, 9.17) is 4.74 Å². The lowest BCUT2D eigenvalue weighted by molar-refractivity contribution is 0.0298. The normalized spacial score (nSPS) is 15.9. The van der Waals surface area contributed by atoms with E-state index in [1.807, 2.05) is 38.1 Å². The number of carbonyl (C=O) groups is 1. The van der Waals surface area contributed by atoms with Gasteiger partial charge in [0.1, 0.15) is 5.69 Å². The molecule has 0 aliphatic carbocycles. The smallest absolute Gasteiger partial charge is 0.271 e. The van der Waals surface area contributed by atoms with Crippen molar-refractivity contribution in [2.24, 2.45) is 0 Å². The van der Waals surface area contributed by atoms with Crippen LogP contribution in [-0.2, 0) is 14.8 Å². The maximum Gasteiger partial charge on any atom is 0.271 e. The summed E-state index contributed by atoms with van der Waals surface area (Å²) < 4.78 is 34.0. The number of rotatable bonds is 3. The van der Waals surface area contributed by atoms with Crippen molar-refractivity contribution >= 4 is 37.9 Å². The van der Waals surface area contributed by atoms with Crippen LogP contribution in [0.5, 0.6) is 0 Å². The summed E-state index contributed by atoms with van der Waals surface area (Å²) in [5.74, 6) is -0.278. The van der Waals surface area contributed by atoms with Gasteiger partial charge in [0.25, 0.3) is 5.91 Å². The minimum atomic E-state index is -3.68. The Bertz CT molecular complexity index is 1130. The number of fused-ring (bicyclic) bond motifs is 3. The fraction of sp³-hybridized carbons (Fsp3) is 0.421. The molecule has 8 heteroatoms. The molecule has 0 spiro atoms. The first-order valence-corrected chi connectivity index (χ1v) is 10.9. The van der Waals surface area contributed by atoms with Gasteiger partial charge in [-0.05, 0) is 26.0 Å². The quantitative estimate of drug-likeness (QED) is 0.690. The molecule has 3 heterocycles. The van der Waals surface area contributed by atoms with Crippen molar-refractivity contribution < 1.29 is 17.9 Å². The highest BCUT2D eigenvalue weighted by Crippen LogP contribution is 2.35. The number of aromatic nitrogens is 2. The molecule has 1 aliphatic rings. The van der Waals surface area contributed by atoms with Crippen LogP contribution in [-0.4, -0.2) is 60.3 Å². The van der Waals surface area contributed by atoms with Gasteiger partial charge < -0.3 is 14.2 Å². The van der Waals surface area contributed by atoms with Crippen molar-refractivity contribution in [3.63, 3.8) is 0 Å². The van der Waals surface area contributed by atoms with Gasteiger partial charge in [-0.1, -0.05) is 18.2 Å². The lowest BCUT2D eigenvalue weighted by atomic mass is 10.2. The van der Waals surface area contributed by atoms with E-state index < -0.39 is 10.0 Å². The number of amides is 1. The summed E-state index contributed by atoms with van der Waals surface area (Å²) in [6, 6.07) is 9.54. The van der Waals surface area contributed by atoms with Crippen LogP contribution in [0.1, 0.15) is 30.4 Å². The van der Waals surface area contributed by atoms with Crippen molar-refractivity contribution in [2.75, 3.05) is 32.6 Å². The van der Waals surface area contributed by atoms with Crippen LogP contribution >= 0.6 is 0 Å². The van der Waals surface area contributed by atoms with Crippen LogP contribution in [0, 0.1) is 0 Å². The van der Waals surface area contributed by atoms with Crippen LogP contribution in [0.3, 0.4) is 0 Å². The Kier molecular flexibility index (Phi) is 4.27. The first-order valence-electron chi connectivity index (χ1n) is 9.02. The molecule has 144 valence electrons. The summed E-state index contributed by atoms with van der Waals surface area (Å²) in [7, 11) is -3.68. The lowest BCUT2D eigenvalue weighted by Gasteiger charge is -2.27. The third-order valence-corrected chi connectivity index (χ3v) is 6.02. The number of ether oxygens (including phenoxy) is 1. The summed E-state index contributed by atoms with van der Waals surface area (Å²) in [6.07, 6.45) is 1.14. The van der Waals surface area contributed by atoms with Crippen LogP contribution in [0.2, 0.25) is 0 Å². The third kappa shape index (κ3) is 2.83. The molecular formula is C19H23N3O4S. The van der Waals surface area contributed by atoms with Crippen molar-refractivity contribution in [3.05, 3.63) is 36.0 Å². The molecular weight excluding hydrogens is 366 g/mol. The number of nitrogens with zero attached hydrogens (tertiary/aromatic N) is 3. The largest absolute Gasteiger partial charge is 0.378 e. The van der Waals surface area contributed by atoms with Crippen LogP contribution in [0.4, 0.5) is 0 Å². The highest BCUT2D eigenvalue weighted by molar-refractivity contribution is 7.89. The van der Waals surface area contributed by atoms with Crippen LogP contribution < -0.4 is 0 Å². The first-order chi connectivity index (χ1) is 12.8.